The Hall–Kier alpha value is -2.25. The van der Waals surface area contributed by atoms with Gasteiger partial charge in [-0.2, -0.15) is 5.26 Å². The van der Waals surface area contributed by atoms with Crippen LogP contribution in [0.3, 0.4) is 0 Å². The molecule has 106 valence electrons. The van der Waals surface area contributed by atoms with Gasteiger partial charge in [-0.25, -0.2) is 0 Å². The molecule has 2 aromatic carbocycles. The third-order valence-corrected chi connectivity index (χ3v) is 3.97. The summed E-state index contributed by atoms with van der Waals surface area (Å²) in [5.41, 5.74) is 2.25. The van der Waals surface area contributed by atoms with Crippen molar-refractivity contribution in [1.29, 1.82) is 5.26 Å². The van der Waals surface area contributed by atoms with Gasteiger partial charge in [0.2, 0.25) is 0 Å². The molecule has 0 aliphatic rings. The van der Waals surface area contributed by atoms with E-state index in [2.05, 4.69) is 6.07 Å². The van der Waals surface area contributed by atoms with Crippen molar-refractivity contribution in [2.24, 2.45) is 0 Å². The van der Waals surface area contributed by atoms with Crippen molar-refractivity contribution in [3.8, 4) is 6.07 Å². The van der Waals surface area contributed by atoms with Crippen molar-refractivity contribution in [2.45, 2.75) is 4.90 Å². The maximum absolute atomic E-state index is 12.3. The number of nitriles is 1. The Labute approximate surface area is 129 Å². The molecule has 0 bridgehead atoms. The second-order valence-corrected chi connectivity index (χ2v) is 5.55. The van der Waals surface area contributed by atoms with Crippen molar-refractivity contribution in [3.05, 3.63) is 59.7 Å². The van der Waals surface area contributed by atoms with Crippen molar-refractivity contribution in [1.82, 2.24) is 0 Å². The van der Waals surface area contributed by atoms with Crippen LogP contribution in [0, 0.1) is 11.3 Å². The average Bonchev–Trinajstić information content (AvgIpc) is 2.55. The Balaban J connectivity index is 2.05. The number of hydrogen-bond donors (Lipinski definition) is 0. The van der Waals surface area contributed by atoms with Crippen LogP contribution in [0.2, 0.25) is 0 Å². The van der Waals surface area contributed by atoms with Crippen molar-refractivity contribution >= 4 is 23.2 Å². The lowest BCUT2D eigenvalue weighted by Crippen LogP contribution is -2.25. The number of benzene rings is 2. The van der Waals surface area contributed by atoms with Gasteiger partial charge in [-0.05, 0) is 42.7 Å². The predicted octanol–water partition coefficient (Wildman–Crippen LogP) is 3.60. The maximum atomic E-state index is 12.3. The molecule has 0 atom stereocenters. The standard InChI is InChI=1S/C17H16N2OS/c1-19(15-7-3-13(11-18)4-8-15)12-17(20)14-5-9-16(21-2)10-6-14/h3-10H,12H2,1-2H3. The van der Waals surface area contributed by atoms with E-state index >= 15 is 0 Å². The lowest BCUT2D eigenvalue weighted by Gasteiger charge is -2.18. The van der Waals surface area contributed by atoms with Gasteiger partial charge < -0.3 is 4.90 Å². The van der Waals surface area contributed by atoms with Gasteiger partial charge in [0.1, 0.15) is 0 Å². The van der Waals surface area contributed by atoms with Crippen LogP contribution >= 0.6 is 11.8 Å². The lowest BCUT2D eigenvalue weighted by molar-refractivity contribution is 0.100. The molecule has 0 aromatic heterocycles. The zero-order valence-corrected chi connectivity index (χ0v) is 12.9. The summed E-state index contributed by atoms with van der Waals surface area (Å²) in [6, 6.07) is 16.9. The number of thioether (sulfide) groups is 1. The Morgan fingerprint density at radius 3 is 2.29 bits per heavy atom. The first-order valence-electron chi connectivity index (χ1n) is 6.52. The summed E-state index contributed by atoms with van der Waals surface area (Å²) >= 11 is 1.66. The molecule has 0 spiro atoms. The highest BCUT2D eigenvalue weighted by Crippen LogP contribution is 2.17. The number of Topliss-reactive ketones (excluding diaryl/α,β-unsaturated/α-hetero) is 1. The number of hydrogen-bond acceptors (Lipinski definition) is 4. The van der Waals surface area contributed by atoms with Gasteiger partial charge >= 0.3 is 0 Å². The van der Waals surface area contributed by atoms with Gasteiger partial charge in [-0.3, -0.25) is 4.79 Å². The molecule has 4 heteroatoms. The largest absolute Gasteiger partial charge is 0.367 e. The van der Waals surface area contributed by atoms with Crippen LogP contribution in [-0.2, 0) is 0 Å². The quantitative estimate of drug-likeness (QED) is 0.624. The fourth-order valence-electron chi connectivity index (χ4n) is 1.97. The second kappa shape index (κ2) is 6.96. The summed E-state index contributed by atoms with van der Waals surface area (Å²) in [4.78, 5) is 15.3. The summed E-state index contributed by atoms with van der Waals surface area (Å²) in [6.07, 6.45) is 2.01. The number of carbonyl (C=O) groups is 1. The molecule has 3 nitrogen and oxygen atoms in total. The van der Waals surface area contributed by atoms with Gasteiger partial charge in [0, 0.05) is 23.2 Å². The molecule has 0 amide bonds. The molecule has 0 aliphatic heterocycles. The van der Waals surface area contributed by atoms with Gasteiger partial charge in [0.15, 0.2) is 5.78 Å². The Kier molecular flexibility index (Phi) is 5.02. The lowest BCUT2D eigenvalue weighted by atomic mass is 10.1. The molecule has 0 radical (unpaired) electrons. The molecular formula is C17H16N2OS. The number of rotatable bonds is 5. The Bertz CT molecular complexity index is 657. The summed E-state index contributed by atoms with van der Waals surface area (Å²) < 4.78 is 0. The number of ketones is 1. The van der Waals surface area contributed by atoms with Crippen LogP contribution in [0.4, 0.5) is 5.69 Å². The zero-order chi connectivity index (χ0) is 15.2. The maximum Gasteiger partial charge on any atom is 0.182 e. The highest BCUT2D eigenvalue weighted by molar-refractivity contribution is 7.98. The summed E-state index contributed by atoms with van der Waals surface area (Å²) in [5.74, 6) is 0.0783. The molecule has 0 fully saturated rings. The molecule has 0 saturated heterocycles. The van der Waals surface area contributed by atoms with Crippen LogP contribution in [0.1, 0.15) is 15.9 Å². The number of likely N-dealkylation sites (N-methyl/N-ethyl adjacent to an activating group) is 1. The smallest absolute Gasteiger partial charge is 0.182 e. The van der Waals surface area contributed by atoms with E-state index in [0.29, 0.717) is 17.7 Å². The second-order valence-electron chi connectivity index (χ2n) is 4.67. The first-order chi connectivity index (χ1) is 10.1. The summed E-state index contributed by atoms with van der Waals surface area (Å²) in [7, 11) is 1.87. The van der Waals surface area contributed by atoms with Gasteiger partial charge in [0.05, 0.1) is 18.2 Å². The van der Waals surface area contributed by atoms with Crippen LogP contribution in [0.5, 0.6) is 0 Å². The van der Waals surface area contributed by atoms with E-state index in [0.717, 1.165) is 10.6 Å². The highest BCUT2D eigenvalue weighted by Gasteiger charge is 2.10. The van der Waals surface area contributed by atoms with E-state index < -0.39 is 0 Å². The molecule has 0 unspecified atom stereocenters. The topological polar surface area (TPSA) is 44.1 Å². The summed E-state index contributed by atoms with van der Waals surface area (Å²) in [5, 5.41) is 8.78. The minimum atomic E-state index is 0.0783. The minimum Gasteiger partial charge on any atom is -0.367 e. The Morgan fingerprint density at radius 2 is 1.76 bits per heavy atom. The zero-order valence-electron chi connectivity index (χ0n) is 12.0. The highest BCUT2D eigenvalue weighted by atomic mass is 32.2. The van der Waals surface area contributed by atoms with Gasteiger partial charge in [-0.1, -0.05) is 12.1 Å². The molecule has 2 aromatic rings. The monoisotopic (exact) mass is 296 g/mol. The van der Waals surface area contributed by atoms with Crippen LogP contribution in [0.25, 0.3) is 0 Å². The SMILES string of the molecule is CSc1ccc(C(=O)CN(C)c2ccc(C#N)cc2)cc1. The van der Waals surface area contributed by atoms with Crippen LogP contribution in [-0.4, -0.2) is 25.6 Å². The third-order valence-electron chi connectivity index (χ3n) is 3.23. The molecule has 21 heavy (non-hydrogen) atoms. The molecule has 0 N–H and O–H groups in total. The van der Waals surface area contributed by atoms with E-state index in [-0.39, 0.29) is 5.78 Å². The van der Waals surface area contributed by atoms with E-state index in [9.17, 15) is 4.79 Å². The van der Waals surface area contributed by atoms with E-state index in [1.165, 1.54) is 0 Å². The van der Waals surface area contributed by atoms with Crippen molar-refractivity contribution in [2.75, 3.05) is 24.7 Å². The van der Waals surface area contributed by atoms with E-state index in [4.69, 9.17) is 5.26 Å². The minimum absolute atomic E-state index is 0.0783. The molecule has 0 aliphatic carbocycles. The molecule has 0 saturated carbocycles. The fraction of sp³-hybridized carbons (Fsp3) is 0.176. The molecular weight excluding hydrogens is 280 g/mol. The Morgan fingerprint density at radius 1 is 1.14 bits per heavy atom. The van der Waals surface area contributed by atoms with Crippen molar-refractivity contribution < 1.29 is 4.79 Å². The van der Waals surface area contributed by atoms with E-state index in [1.54, 1.807) is 23.9 Å². The van der Waals surface area contributed by atoms with Crippen molar-refractivity contribution in [3.63, 3.8) is 0 Å². The molecule has 2 rings (SSSR count). The normalized spacial score (nSPS) is 9.95. The first-order valence-corrected chi connectivity index (χ1v) is 7.75. The number of nitrogens with zero attached hydrogens (tertiary/aromatic N) is 2. The third kappa shape index (κ3) is 3.87. The average molecular weight is 296 g/mol. The van der Waals surface area contributed by atoms with Crippen LogP contribution < -0.4 is 4.90 Å². The van der Waals surface area contributed by atoms with Crippen LogP contribution in [0.15, 0.2) is 53.4 Å². The fourth-order valence-corrected chi connectivity index (χ4v) is 2.37. The first kappa shape index (κ1) is 15.1. The number of anilines is 1. The number of carbonyl (C=O) groups excluding carboxylic acids is 1. The van der Waals surface area contributed by atoms with Gasteiger partial charge in [-0.15, -0.1) is 11.8 Å². The van der Waals surface area contributed by atoms with E-state index in [1.807, 2.05) is 54.6 Å². The predicted molar refractivity (Wildman–Crippen MR) is 87.0 cm³/mol. The summed E-state index contributed by atoms with van der Waals surface area (Å²) in [6.45, 7) is 0.310. The van der Waals surface area contributed by atoms with Gasteiger partial charge in [0.25, 0.3) is 0 Å². The molecule has 0 heterocycles.